The molecule has 0 unspecified atom stereocenters. The Balaban J connectivity index is 2.28. The minimum absolute atomic E-state index is 0.0119. The molecule has 1 aliphatic rings. The van der Waals surface area contributed by atoms with Crippen molar-refractivity contribution in [3.63, 3.8) is 0 Å². The van der Waals surface area contributed by atoms with E-state index in [1.807, 2.05) is 0 Å². The van der Waals surface area contributed by atoms with Crippen LogP contribution < -0.4 is 15.8 Å². The first-order valence-electron chi connectivity index (χ1n) is 7.73. The van der Waals surface area contributed by atoms with Gasteiger partial charge in [0.2, 0.25) is 0 Å². The lowest BCUT2D eigenvalue weighted by atomic mass is 9.94. The smallest absolute Gasteiger partial charge is 0.417 e. The highest BCUT2D eigenvalue weighted by Gasteiger charge is 2.38. The number of fused-ring (bicyclic) bond motifs is 1. The molecule has 0 radical (unpaired) electrons. The Hall–Kier alpha value is -2.49. The summed E-state index contributed by atoms with van der Waals surface area (Å²) < 4.78 is 98.7. The molecule has 2 aromatic rings. The fourth-order valence-electron chi connectivity index (χ4n) is 2.81. The highest BCUT2D eigenvalue weighted by Crippen LogP contribution is 2.46. The van der Waals surface area contributed by atoms with Crippen LogP contribution in [-0.2, 0) is 12.4 Å². The summed E-state index contributed by atoms with van der Waals surface area (Å²) in [6.07, 6.45) is -10.4. The lowest BCUT2D eigenvalue weighted by Gasteiger charge is -2.29. The predicted molar refractivity (Wildman–Crippen MR) is 83.8 cm³/mol. The van der Waals surface area contributed by atoms with Gasteiger partial charge in [0.1, 0.15) is 11.9 Å². The Morgan fingerprint density at radius 1 is 1.00 bits per heavy atom. The summed E-state index contributed by atoms with van der Waals surface area (Å²) in [5.74, 6) is -1.10. The van der Waals surface area contributed by atoms with Crippen molar-refractivity contribution in [3.05, 3.63) is 47.3 Å². The van der Waals surface area contributed by atoms with E-state index < -0.39 is 46.5 Å². The molecule has 27 heavy (non-hydrogen) atoms. The third-order valence-corrected chi connectivity index (χ3v) is 4.06. The largest absolute Gasteiger partial charge is 0.484 e. The standard InChI is InChI=1S/C17H13F7N2O/c18-9-4-12(15-14(5-9)26-7-10(6-25)27-15)11-3-8(16(19,20)21)1-2-13(11)17(22,23)24/h1-5,10,26H,6-7,25H2/t10-/m0/s1. The fraction of sp³-hybridized carbons (Fsp3) is 0.294. The molecule has 1 atom stereocenters. The monoisotopic (exact) mass is 394 g/mol. The van der Waals surface area contributed by atoms with Crippen LogP contribution in [0.2, 0.25) is 0 Å². The maximum Gasteiger partial charge on any atom is 0.417 e. The summed E-state index contributed by atoms with van der Waals surface area (Å²) in [6, 6.07) is 2.70. The van der Waals surface area contributed by atoms with Gasteiger partial charge in [-0.25, -0.2) is 4.39 Å². The third-order valence-electron chi connectivity index (χ3n) is 4.06. The number of benzene rings is 2. The number of anilines is 1. The summed E-state index contributed by atoms with van der Waals surface area (Å²) in [4.78, 5) is 0. The van der Waals surface area contributed by atoms with E-state index >= 15 is 0 Å². The maximum atomic E-state index is 14.0. The number of rotatable bonds is 2. The van der Waals surface area contributed by atoms with Crippen molar-refractivity contribution in [1.82, 2.24) is 0 Å². The van der Waals surface area contributed by atoms with Gasteiger partial charge in [-0.05, 0) is 29.8 Å². The van der Waals surface area contributed by atoms with E-state index in [4.69, 9.17) is 10.5 Å². The molecular weight excluding hydrogens is 381 g/mol. The first-order chi connectivity index (χ1) is 12.5. The van der Waals surface area contributed by atoms with Crippen LogP contribution in [0.1, 0.15) is 11.1 Å². The molecule has 3 N–H and O–H groups in total. The molecule has 1 heterocycles. The molecule has 0 amide bonds. The fourth-order valence-corrected chi connectivity index (χ4v) is 2.81. The molecule has 0 fully saturated rings. The van der Waals surface area contributed by atoms with E-state index in [9.17, 15) is 30.7 Å². The van der Waals surface area contributed by atoms with Crippen LogP contribution in [0.4, 0.5) is 36.4 Å². The van der Waals surface area contributed by atoms with E-state index in [1.54, 1.807) is 0 Å². The Morgan fingerprint density at radius 3 is 2.30 bits per heavy atom. The van der Waals surface area contributed by atoms with E-state index in [1.165, 1.54) is 0 Å². The van der Waals surface area contributed by atoms with Crippen LogP contribution in [0.5, 0.6) is 5.75 Å². The van der Waals surface area contributed by atoms with E-state index in [2.05, 4.69) is 5.32 Å². The number of ether oxygens (including phenoxy) is 1. The minimum Gasteiger partial charge on any atom is -0.484 e. The van der Waals surface area contributed by atoms with Crippen LogP contribution in [-0.4, -0.2) is 19.2 Å². The van der Waals surface area contributed by atoms with E-state index in [0.29, 0.717) is 24.3 Å². The summed E-state index contributed by atoms with van der Waals surface area (Å²) in [5, 5.41) is 2.77. The number of hydrogen-bond donors (Lipinski definition) is 2. The molecule has 0 saturated heterocycles. The second-order valence-electron chi connectivity index (χ2n) is 5.94. The summed E-state index contributed by atoms with van der Waals surface area (Å²) in [6.45, 7) is 0.194. The Kier molecular flexibility index (Phi) is 4.71. The molecule has 0 aromatic heterocycles. The zero-order valence-corrected chi connectivity index (χ0v) is 13.5. The maximum absolute atomic E-state index is 14.0. The highest BCUT2D eigenvalue weighted by molar-refractivity contribution is 5.81. The van der Waals surface area contributed by atoms with E-state index in [0.717, 1.165) is 6.07 Å². The van der Waals surface area contributed by atoms with Gasteiger partial charge >= 0.3 is 12.4 Å². The molecule has 2 aromatic carbocycles. The molecule has 3 nitrogen and oxygen atoms in total. The molecule has 146 valence electrons. The molecule has 10 heteroatoms. The molecule has 3 rings (SSSR count). The van der Waals surface area contributed by atoms with Crippen molar-refractivity contribution in [2.24, 2.45) is 5.73 Å². The molecular formula is C17H13F7N2O. The average molecular weight is 394 g/mol. The van der Waals surface area contributed by atoms with Crippen molar-refractivity contribution in [2.45, 2.75) is 18.5 Å². The lowest BCUT2D eigenvalue weighted by Crippen LogP contribution is -2.37. The normalized spacial score (nSPS) is 17.1. The molecule has 0 spiro atoms. The second-order valence-corrected chi connectivity index (χ2v) is 5.94. The highest BCUT2D eigenvalue weighted by atomic mass is 19.4. The van der Waals surface area contributed by atoms with Gasteiger partial charge in [0.25, 0.3) is 0 Å². The zero-order chi connectivity index (χ0) is 20.0. The third kappa shape index (κ3) is 3.80. The Bertz CT molecular complexity index is 862. The van der Waals surface area contributed by atoms with Gasteiger partial charge in [0.15, 0.2) is 5.75 Å². The number of alkyl halides is 6. The lowest BCUT2D eigenvalue weighted by molar-refractivity contribution is -0.141. The first kappa shape index (κ1) is 19.3. The van der Waals surface area contributed by atoms with Gasteiger partial charge in [0, 0.05) is 18.2 Å². The number of nitrogens with two attached hydrogens (primary N) is 1. The number of nitrogens with one attached hydrogen (secondary N) is 1. The minimum atomic E-state index is -4.95. The van der Waals surface area contributed by atoms with Crippen LogP contribution in [0, 0.1) is 5.82 Å². The predicted octanol–water partition coefficient (Wildman–Crippen LogP) is 4.66. The van der Waals surface area contributed by atoms with Gasteiger partial charge in [-0.2, -0.15) is 26.3 Å². The topological polar surface area (TPSA) is 47.3 Å². The number of hydrogen-bond acceptors (Lipinski definition) is 3. The van der Waals surface area contributed by atoms with Crippen LogP contribution in [0.25, 0.3) is 11.1 Å². The summed E-state index contributed by atoms with van der Waals surface area (Å²) in [5.41, 5.74) is 1.65. The first-order valence-corrected chi connectivity index (χ1v) is 7.73. The second kappa shape index (κ2) is 6.59. The van der Waals surface area contributed by atoms with Crippen molar-refractivity contribution in [3.8, 4) is 16.9 Å². The van der Waals surface area contributed by atoms with Crippen LogP contribution in [0.3, 0.4) is 0 Å². The summed E-state index contributed by atoms with van der Waals surface area (Å²) in [7, 11) is 0. The van der Waals surface area contributed by atoms with Crippen molar-refractivity contribution >= 4 is 5.69 Å². The van der Waals surface area contributed by atoms with Crippen molar-refractivity contribution < 1.29 is 35.5 Å². The quantitative estimate of drug-likeness (QED) is 0.729. The number of halogens is 7. The SMILES string of the molecule is NC[C@H]1CNc2cc(F)cc(-c3cc(C(F)(F)F)ccc3C(F)(F)F)c2O1. The molecule has 1 aliphatic heterocycles. The average Bonchev–Trinajstić information content (AvgIpc) is 2.58. The van der Waals surface area contributed by atoms with Crippen molar-refractivity contribution in [2.75, 3.05) is 18.4 Å². The molecule has 0 aliphatic carbocycles. The van der Waals surface area contributed by atoms with Gasteiger partial charge in [-0.15, -0.1) is 0 Å². The summed E-state index contributed by atoms with van der Waals surface area (Å²) >= 11 is 0. The van der Waals surface area contributed by atoms with Gasteiger partial charge in [-0.3, -0.25) is 0 Å². The van der Waals surface area contributed by atoms with Gasteiger partial charge in [-0.1, -0.05) is 0 Å². The zero-order valence-electron chi connectivity index (χ0n) is 13.5. The van der Waals surface area contributed by atoms with Crippen LogP contribution in [0.15, 0.2) is 30.3 Å². The Morgan fingerprint density at radius 2 is 1.70 bits per heavy atom. The molecule has 0 bridgehead atoms. The van der Waals surface area contributed by atoms with Gasteiger partial charge in [0.05, 0.1) is 23.4 Å². The van der Waals surface area contributed by atoms with Crippen LogP contribution >= 0.6 is 0 Å². The van der Waals surface area contributed by atoms with Gasteiger partial charge < -0.3 is 15.8 Å². The van der Waals surface area contributed by atoms with Crippen molar-refractivity contribution in [1.29, 1.82) is 0 Å². The Labute approximate surface area is 148 Å². The molecule has 0 saturated carbocycles. The van der Waals surface area contributed by atoms with E-state index in [-0.39, 0.29) is 24.5 Å².